The highest BCUT2D eigenvalue weighted by atomic mass is 16.1. The molecule has 3 N–H and O–H groups in total. The Bertz CT molecular complexity index is 431. The average molecular weight is 274 g/mol. The second-order valence-corrected chi connectivity index (χ2v) is 6.23. The molecular weight excluding hydrogens is 248 g/mol. The lowest BCUT2D eigenvalue weighted by Gasteiger charge is -2.25. The lowest BCUT2D eigenvalue weighted by molar-refractivity contribution is -0.126. The topological polar surface area (TPSA) is 55.1 Å². The Labute approximate surface area is 121 Å². The van der Waals surface area contributed by atoms with E-state index in [0.29, 0.717) is 18.5 Å². The van der Waals surface area contributed by atoms with Gasteiger partial charge in [0.15, 0.2) is 0 Å². The lowest BCUT2D eigenvalue weighted by Crippen LogP contribution is -2.35. The quantitative estimate of drug-likeness (QED) is 0.887. The second kappa shape index (κ2) is 6.89. The Balaban J connectivity index is 1.81. The summed E-state index contributed by atoms with van der Waals surface area (Å²) in [5, 5.41) is 3.05. The Morgan fingerprint density at radius 1 is 1.20 bits per heavy atom. The molecule has 0 radical (unpaired) electrons. The predicted molar refractivity (Wildman–Crippen MR) is 82.3 cm³/mol. The highest BCUT2D eigenvalue weighted by Crippen LogP contribution is 2.23. The number of carbonyl (C=O) groups excluding carboxylic acids is 1. The zero-order chi connectivity index (χ0) is 14.5. The van der Waals surface area contributed by atoms with E-state index in [1.807, 2.05) is 0 Å². The Hall–Kier alpha value is -1.35. The van der Waals surface area contributed by atoms with Crippen LogP contribution in [0.3, 0.4) is 0 Å². The van der Waals surface area contributed by atoms with Gasteiger partial charge in [-0.05, 0) is 42.7 Å². The summed E-state index contributed by atoms with van der Waals surface area (Å²) in [5.41, 5.74) is 8.37. The molecule has 1 fully saturated rings. The fraction of sp³-hybridized carbons (Fsp3) is 0.588. The van der Waals surface area contributed by atoms with Gasteiger partial charge >= 0.3 is 0 Å². The fourth-order valence-electron chi connectivity index (χ4n) is 2.74. The molecule has 1 saturated carbocycles. The van der Waals surface area contributed by atoms with Crippen LogP contribution < -0.4 is 11.1 Å². The first-order valence-corrected chi connectivity index (χ1v) is 7.68. The third-order valence-corrected chi connectivity index (χ3v) is 4.26. The van der Waals surface area contributed by atoms with Crippen LogP contribution in [-0.2, 0) is 11.3 Å². The second-order valence-electron chi connectivity index (χ2n) is 6.23. The maximum absolute atomic E-state index is 12.1. The van der Waals surface area contributed by atoms with Gasteiger partial charge in [-0.3, -0.25) is 4.79 Å². The SMILES string of the molecule is CC(C)c1ccc(CNC(=O)C2CCC(N)CC2)cc1. The molecule has 1 aliphatic carbocycles. The van der Waals surface area contributed by atoms with Crippen LogP contribution in [0.4, 0.5) is 0 Å². The van der Waals surface area contributed by atoms with Crippen molar-refractivity contribution in [1.82, 2.24) is 5.32 Å². The first kappa shape index (κ1) is 15.0. The summed E-state index contributed by atoms with van der Waals surface area (Å²) in [7, 11) is 0. The minimum Gasteiger partial charge on any atom is -0.352 e. The lowest BCUT2D eigenvalue weighted by atomic mass is 9.86. The summed E-state index contributed by atoms with van der Waals surface area (Å²) in [6.07, 6.45) is 3.81. The molecule has 2 rings (SSSR count). The van der Waals surface area contributed by atoms with Crippen LogP contribution in [0.2, 0.25) is 0 Å². The van der Waals surface area contributed by atoms with Gasteiger partial charge in [0.2, 0.25) is 5.91 Å². The van der Waals surface area contributed by atoms with Gasteiger partial charge < -0.3 is 11.1 Å². The predicted octanol–water partition coefficient (Wildman–Crippen LogP) is 2.94. The van der Waals surface area contributed by atoms with Crippen LogP contribution in [0.25, 0.3) is 0 Å². The molecule has 110 valence electrons. The van der Waals surface area contributed by atoms with Crippen molar-refractivity contribution in [2.24, 2.45) is 11.7 Å². The molecule has 0 aliphatic heterocycles. The summed E-state index contributed by atoms with van der Waals surface area (Å²) in [4.78, 5) is 12.1. The highest BCUT2D eigenvalue weighted by molar-refractivity contribution is 5.78. The van der Waals surface area contributed by atoms with Crippen molar-refractivity contribution in [3.63, 3.8) is 0 Å². The molecule has 1 aromatic rings. The third kappa shape index (κ3) is 4.07. The van der Waals surface area contributed by atoms with E-state index in [1.54, 1.807) is 0 Å². The van der Waals surface area contributed by atoms with Gasteiger partial charge in [-0.15, -0.1) is 0 Å². The monoisotopic (exact) mass is 274 g/mol. The number of nitrogens with two attached hydrogens (primary N) is 1. The molecule has 20 heavy (non-hydrogen) atoms. The molecule has 3 heteroatoms. The molecule has 0 saturated heterocycles. The van der Waals surface area contributed by atoms with E-state index in [-0.39, 0.29) is 11.8 Å². The number of carbonyl (C=O) groups is 1. The van der Waals surface area contributed by atoms with Crippen LogP contribution >= 0.6 is 0 Å². The number of hydrogen-bond donors (Lipinski definition) is 2. The third-order valence-electron chi connectivity index (χ3n) is 4.26. The number of benzene rings is 1. The molecule has 0 atom stereocenters. The Morgan fingerprint density at radius 3 is 2.35 bits per heavy atom. The van der Waals surface area contributed by atoms with Crippen LogP contribution in [0.5, 0.6) is 0 Å². The number of rotatable bonds is 4. The zero-order valence-electron chi connectivity index (χ0n) is 12.6. The first-order valence-electron chi connectivity index (χ1n) is 7.68. The molecule has 0 aromatic heterocycles. The van der Waals surface area contributed by atoms with Crippen LogP contribution in [0.15, 0.2) is 24.3 Å². The van der Waals surface area contributed by atoms with Gasteiger partial charge in [0.05, 0.1) is 0 Å². The summed E-state index contributed by atoms with van der Waals surface area (Å²) in [6.45, 7) is 4.99. The van der Waals surface area contributed by atoms with Gasteiger partial charge in [-0.1, -0.05) is 38.1 Å². The Morgan fingerprint density at radius 2 is 1.80 bits per heavy atom. The van der Waals surface area contributed by atoms with E-state index < -0.39 is 0 Å². The van der Waals surface area contributed by atoms with Crippen LogP contribution in [0, 0.1) is 5.92 Å². The number of hydrogen-bond acceptors (Lipinski definition) is 2. The van der Waals surface area contributed by atoms with Crippen molar-refractivity contribution < 1.29 is 4.79 Å². The standard InChI is InChI=1S/C17H26N2O/c1-12(2)14-5-3-13(4-6-14)11-19-17(20)15-7-9-16(18)10-8-15/h3-6,12,15-16H,7-11,18H2,1-2H3,(H,19,20). The number of amides is 1. The van der Waals surface area contributed by atoms with Crippen molar-refractivity contribution >= 4 is 5.91 Å². The van der Waals surface area contributed by atoms with Gasteiger partial charge in [0.1, 0.15) is 0 Å². The summed E-state index contributed by atoms with van der Waals surface area (Å²) >= 11 is 0. The minimum atomic E-state index is 0.157. The first-order chi connectivity index (χ1) is 9.56. The normalized spacial score (nSPS) is 22.8. The molecule has 3 nitrogen and oxygen atoms in total. The van der Waals surface area contributed by atoms with E-state index in [4.69, 9.17) is 5.73 Å². The molecule has 1 amide bonds. The molecular formula is C17H26N2O. The van der Waals surface area contributed by atoms with E-state index in [0.717, 1.165) is 31.2 Å². The van der Waals surface area contributed by atoms with Gasteiger partial charge in [-0.2, -0.15) is 0 Å². The maximum atomic E-state index is 12.1. The maximum Gasteiger partial charge on any atom is 0.223 e. The largest absolute Gasteiger partial charge is 0.352 e. The van der Waals surface area contributed by atoms with Gasteiger partial charge in [-0.25, -0.2) is 0 Å². The van der Waals surface area contributed by atoms with Gasteiger partial charge in [0.25, 0.3) is 0 Å². The average Bonchev–Trinajstić information content (AvgIpc) is 2.46. The summed E-state index contributed by atoms with van der Waals surface area (Å²) in [5.74, 6) is 0.889. The summed E-state index contributed by atoms with van der Waals surface area (Å²) in [6, 6.07) is 8.79. The summed E-state index contributed by atoms with van der Waals surface area (Å²) < 4.78 is 0. The van der Waals surface area contributed by atoms with Crippen molar-refractivity contribution in [1.29, 1.82) is 0 Å². The zero-order valence-corrected chi connectivity index (χ0v) is 12.6. The van der Waals surface area contributed by atoms with E-state index in [9.17, 15) is 4.79 Å². The van der Waals surface area contributed by atoms with Crippen molar-refractivity contribution in [2.75, 3.05) is 0 Å². The van der Waals surface area contributed by atoms with E-state index >= 15 is 0 Å². The van der Waals surface area contributed by atoms with Crippen molar-refractivity contribution in [3.8, 4) is 0 Å². The van der Waals surface area contributed by atoms with Gasteiger partial charge in [0, 0.05) is 18.5 Å². The van der Waals surface area contributed by atoms with E-state index in [2.05, 4.69) is 43.4 Å². The van der Waals surface area contributed by atoms with E-state index in [1.165, 1.54) is 5.56 Å². The van der Waals surface area contributed by atoms with Crippen molar-refractivity contribution in [2.45, 2.75) is 58.0 Å². The minimum absolute atomic E-state index is 0.157. The van der Waals surface area contributed by atoms with Crippen LogP contribution in [-0.4, -0.2) is 11.9 Å². The molecule has 0 heterocycles. The molecule has 1 aromatic carbocycles. The van der Waals surface area contributed by atoms with Crippen molar-refractivity contribution in [3.05, 3.63) is 35.4 Å². The molecule has 0 bridgehead atoms. The molecule has 0 spiro atoms. The fourth-order valence-corrected chi connectivity index (χ4v) is 2.74. The Kier molecular flexibility index (Phi) is 5.18. The van der Waals surface area contributed by atoms with Crippen LogP contribution in [0.1, 0.15) is 56.6 Å². The smallest absolute Gasteiger partial charge is 0.223 e. The molecule has 0 unspecified atom stereocenters. The number of nitrogens with one attached hydrogen (secondary N) is 1. The molecule has 1 aliphatic rings. The highest BCUT2D eigenvalue weighted by Gasteiger charge is 2.24.